The Morgan fingerprint density at radius 1 is 0.333 bits per heavy atom. The second-order valence-corrected chi connectivity index (χ2v) is 17.3. The maximum absolute atomic E-state index is 5.38. The Morgan fingerprint density at radius 2 is 0.968 bits per heavy atom. The van der Waals surface area contributed by atoms with Gasteiger partial charge in [0.1, 0.15) is 5.82 Å². The van der Waals surface area contributed by atoms with Gasteiger partial charge in [0, 0.05) is 49.1 Å². The summed E-state index contributed by atoms with van der Waals surface area (Å²) in [4.78, 5) is 10.1. The summed E-state index contributed by atoms with van der Waals surface area (Å²) >= 11 is 1.80. The highest BCUT2D eigenvalue weighted by atomic mass is 32.1. The predicted molar refractivity (Wildman–Crippen MR) is 265 cm³/mol. The lowest BCUT2D eigenvalue weighted by Crippen LogP contribution is -2.00. The Kier molecular flexibility index (Phi) is 8.05. The minimum atomic E-state index is 0.889. The summed E-state index contributed by atoms with van der Waals surface area (Å²) < 4.78 is 7.21. The molecule has 5 aromatic heterocycles. The number of hydrogen-bond acceptors (Lipinski definition) is 3. The topological polar surface area (TPSA) is 35.6 Å². The minimum Gasteiger partial charge on any atom is -0.309 e. The van der Waals surface area contributed by atoms with Crippen LogP contribution in [0.3, 0.4) is 0 Å². The number of nitrogens with zero attached hydrogens (tertiary/aromatic N) is 4. The van der Waals surface area contributed by atoms with Crippen LogP contribution in [0.1, 0.15) is 0 Å². The molecule has 0 N–H and O–H groups in total. The van der Waals surface area contributed by atoms with Crippen molar-refractivity contribution in [2.75, 3.05) is 0 Å². The fourth-order valence-corrected chi connectivity index (χ4v) is 10.7. The van der Waals surface area contributed by atoms with Gasteiger partial charge in [0.25, 0.3) is 0 Å². The molecule has 5 heterocycles. The third kappa shape index (κ3) is 5.82. The number of hydrogen-bond donors (Lipinski definition) is 0. The fourth-order valence-electron chi connectivity index (χ4n) is 9.62. The lowest BCUT2D eigenvalue weighted by atomic mass is 9.97. The highest BCUT2D eigenvalue weighted by Crippen LogP contribution is 2.40. The summed E-state index contributed by atoms with van der Waals surface area (Å²) in [6.45, 7) is 0. The van der Waals surface area contributed by atoms with Crippen molar-refractivity contribution in [1.82, 2.24) is 19.1 Å². The Labute approximate surface area is 367 Å². The summed E-state index contributed by atoms with van der Waals surface area (Å²) in [6.07, 6.45) is 1.89. The second-order valence-electron chi connectivity index (χ2n) is 16.2. The van der Waals surface area contributed by atoms with Crippen LogP contribution in [0.15, 0.2) is 219 Å². The molecule has 0 amide bonds. The standard InChI is InChI=1S/C58H36N4S/c1-3-13-37(14-4-1)43-33-50(38-15-5-2-6-16-38)60-57(35-43)62-52-22-10-7-19-45(52)47-27-24-42(34-54(47)62)40-18-11-17-39(31-40)41-25-28-53-48(32-41)46-20-8-9-21-51(46)61(53)44-26-29-55-49(36-44)58-56(63-55)23-12-30-59-58/h1-36H. The number of para-hydroxylation sites is 2. The monoisotopic (exact) mass is 820 g/mol. The Morgan fingerprint density at radius 3 is 1.78 bits per heavy atom. The van der Waals surface area contributed by atoms with Gasteiger partial charge in [-0.3, -0.25) is 9.55 Å². The molecule has 4 nitrogen and oxygen atoms in total. The van der Waals surface area contributed by atoms with Crippen molar-refractivity contribution in [3.8, 4) is 56.1 Å². The molecule has 0 bridgehead atoms. The van der Waals surface area contributed by atoms with Gasteiger partial charge in [0.05, 0.1) is 38.0 Å². The van der Waals surface area contributed by atoms with Crippen LogP contribution in [0.25, 0.3) is 120 Å². The Balaban J connectivity index is 0.942. The van der Waals surface area contributed by atoms with Crippen LogP contribution >= 0.6 is 11.3 Å². The van der Waals surface area contributed by atoms with Crippen molar-refractivity contribution < 1.29 is 0 Å². The summed E-state index contributed by atoms with van der Waals surface area (Å²) in [5, 5.41) is 6.06. The van der Waals surface area contributed by atoms with E-state index in [-0.39, 0.29) is 0 Å². The van der Waals surface area contributed by atoms with Crippen LogP contribution in [0.2, 0.25) is 0 Å². The molecule has 0 fully saturated rings. The van der Waals surface area contributed by atoms with Gasteiger partial charge in [-0.25, -0.2) is 4.98 Å². The van der Waals surface area contributed by atoms with E-state index in [9.17, 15) is 0 Å². The fraction of sp³-hybridized carbons (Fsp3) is 0. The van der Waals surface area contributed by atoms with E-state index in [1.807, 2.05) is 12.3 Å². The van der Waals surface area contributed by atoms with Crippen LogP contribution in [0.4, 0.5) is 0 Å². The average Bonchev–Trinajstić information content (AvgIpc) is 4.01. The highest BCUT2D eigenvalue weighted by Gasteiger charge is 2.18. The molecule has 0 saturated heterocycles. The molecular weight excluding hydrogens is 785 g/mol. The van der Waals surface area contributed by atoms with Gasteiger partial charge in [-0.15, -0.1) is 11.3 Å². The van der Waals surface area contributed by atoms with Gasteiger partial charge in [-0.05, 0) is 112 Å². The summed E-state index contributed by atoms with van der Waals surface area (Å²) in [5.41, 5.74) is 15.8. The number of aromatic nitrogens is 4. The molecule has 0 atom stereocenters. The third-order valence-electron chi connectivity index (χ3n) is 12.6. The van der Waals surface area contributed by atoms with Crippen LogP contribution in [-0.2, 0) is 0 Å². The van der Waals surface area contributed by atoms with E-state index >= 15 is 0 Å². The van der Waals surface area contributed by atoms with E-state index in [0.717, 1.165) is 61.6 Å². The zero-order valence-electron chi connectivity index (χ0n) is 34.0. The molecular formula is C58H36N4S. The third-order valence-corrected chi connectivity index (χ3v) is 13.7. The molecule has 5 heteroatoms. The SMILES string of the molecule is c1ccc(-c2cc(-c3ccccc3)nc(-n3c4ccccc4c4ccc(-c5cccc(-c6ccc7c(c6)c6ccccc6n7-c6ccc7sc8cccnc8c7c6)c5)cc43)c2)cc1. The molecule has 8 aromatic carbocycles. The van der Waals surface area contributed by atoms with Crippen LogP contribution < -0.4 is 0 Å². The number of rotatable bonds is 6. The van der Waals surface area contributed by atoms with Gasteiger partial charge >= 0.3 is 0 Å². The highest BCUT2D eigenvalue weighted by molar-refractivity contribution is 7.25. The average molecular weight is 821 g/mol. The molecule has 0 aliphatic heterocycles. The van der Waals surface area contributed by atoms with Crippen LogP contribution in [-0.4, -0.2) is 19.1 Å². The van der Waals surface area contributed by atoms with Crippen molar-refractivity contribution >= 4 is 75.3 Å². The Bertz CT molecular complexity index is 3860. The molecule has 0 spiro atoms. The first-order valence-electron chi connectivity index (χ1n) is 21.3. The first-order chi connectivity index (χ1) is 31.2. The summed E-state index contributed by atoms with van der Waals surface area (Å²) in [7, 11) is 0. The van der Waals surface area contributed by atoms with E-state index in [2.05, 4.69) is 215 Å². The molecule has 294 valence electrons. The molecule has 13 aromatic rings. The van der Waals surface area contributed by atoms with E-state index < -0.39 is 0 Å². The van der Waals surface area contributed by atoms with Gasteiger partial charge in [-0.2, -0.15) is 0 Å². The first-order valence-corrected chi connectivity index (χ1v) is 22.1. The number of benzene rings is 8. The zero-order valence-corrected chi connectivity index (χ0v) is 34.8. The number of fused-ring (bicyclic) bond motifs is 9. The molecule has 0 aliphatic rings. The van der Waals surface area contributed by atoms with Crippen LogP contribution in [0, 0.1) is 0 Å². The Hall–Kier alpha value is -8.12. The van der Waals surface area contributed by atoms with E-state index in [1.165, 1.54) is 58.5 Å². The number of thiophene rings is 1. The van der Waals surface area contributed by atoms with Crippen molar-refractivity contribution in [3.63, 3.8) is 0 Å². The largest absolute Gasteiger partial charge is 0.309 e. The maximum atomic E-state index is 5.38. The zero-order chi connectivity index (χ0) is 41.4. The van der Waals surface area contributed by atoms with Crippen molar-refractivity contribution in [2.24, 2.45) is 0 Å². The second kappa shape index (κ2) is 14.2. The van der Waals surface area contributed by atoms with Crippen molar-refractivity contribution in [3.05, 3.63) is 219 Å². The summed E-state index contributed by atoms with van der Waals surface area (Å²) in [6, 6.07) is 76.7. The lowest BCUT2D eigenvalue weighted by Gasteiger charge is -2.13. The smallest absolute Gasteiger partial charge is 0.138 e. The molecule has 13 rings (SSSR count). The van der Waals surface area contributed by atoms with E-state index in [0.29, 0.717) is 0 Å². The molecule has 63 heavy (non-hydrogen) atoms. The van der Waals surface area contributed by atoms with Gasteiger partial charge in [-0.1, -0.05) is 133 Å². The van der Waals surface area contributed by atoms with Crippen molar-refractivity contribution in [1.29, 1.82) is 0 Å². The van der Waals surface area contributed by atoms with Gasteiger partial charge < -0.3 is 4.57 Å². The summed E-state index contributed by atoms with van der Waals surface area (Å²) in [5.74, 6) is 0.889. The van der Waals surface area contributed by atoms with E-state index in [4.69, 9.17) is 9.97 Å². The molecule has 0 saturated carbocycles. The molecule has 0 radical (unpaired) electrons. The van der Waals surface area contributed by atoms with Crippen LogP contribution in [0.5, 0.6) is 0 Å². The molecule has 0 unspecified atom stereocenters. The quantitative estimate of drug-likeness (QED) is 0.167. The maximum Gasteiger partial charge on any atom is 0.138 e. The first kappa shape index (κ1) is 35.6. The predicted octanol–water partition coefficient (Wildman–Crippen LogP) is 15.7. The normalized spacial score (nSPS) is 11.8. The minimum absolute atomic E-state index is 0.889. The van der Waals surface area contributed by atoms with Gasteiger partial charge in [0.2, 0.25) is 0 Å². The lowest BCUT2D eigenvalue weighted by molar-refractivity contribution is 1.08. The van der Waals surface area contributed by atoms with E-state index in [1.54, 1.807) is 11.3 Å². The molecule has 0 aliphatic carbocycles. The van der Waals surface area contributed by atoms with Crippen molar-refractivity contribution in [2.45, 2.75) is 0 Å². The van der Waals surface area contributed by atoms with Gasteiger partial charge in [0.15, 0.2) is 0 Å². The number of pyridine rings is 2.